The van der Waals surface area contributed by atoms with E-state index in [1.807, 2.05) is 32.9 Å². The molecule has 0 atom stereocenters. The SMILES string of the molecule is CCCCCCCCCCCCCCCCNc1ccc(C(C)(C)C(=O)OCC)cc1. The molecule has 0 bridgehead atoms. The molecule has 178 valence electrons. The third-order valence-corrected chi connectivity index (χ3v) is 6.25. The van der Waals surface area contributed by atoms with Crippen molar-refractivity contribution in [2.45, 2.75) is 123 Å². The van der Waals surface area contributed by atoms with Gasteiger partial charge in [0.25, 0.3) is 0 Å². The van der Waals surface area contributed by atoms with E-state index in [1.165, 1.54) is 89.9 Å². The number of unbranched alkanes of at least 4 members (excludes halogenated alkanes) is 13. The van der Waals surface area contributed by atoms with Crippen LogP contribution in [0.3, 0.4) is 0 Å². The Hall–Kier alpha value is -1.51. The lowest BCUT2D eigenvalue weighted by atomic mass is 9.84. The van der Waals surface area contributed by atoms with Crippen molar-refractivity contribution >= 4 is 11.7 Å². The van der Waals surface area contributed by atoms with Gasteiger partial charge in [0.05, 0.1) is 12.0 Å². The summed E-state index contributed by atoms with van der Waals surface area (Å²) in [5.74, 6) is -0.168. The molecule has 0 heterocycles. The smallest absolute Gasteiger partial charge is 0.315 e. The van der Waals surface area contributed by atoms with Gasteiger partial charge in [0.15, 0.2) is 0 Å². The number of carbonyl (C=O) groups is 1. The topological polar surface area (TPSA) is 38.3 Å². The molecule has 0 aliphatic carbocycles. The maximum atomic E-state index is 12.1. The largest absolute Gasteiger partial charge is 0.465 e. The van der Waals surface area contributed by atoms with Crippen LogP contribution in [-0.4, -0.2) is 19.1 Å². The molecular formula is C28H49NO2. The highest BCUT2D eigenvalue weighted by Gasteiger charge is 2.31. The first kappa shape index (κ1) is 27.5. The summed E-state index contributed by atoms with van der Waals surface area (Å²) in [6.07, 6.45) is 19.5. The Labute approximate surface area is 192 Å². The highest BCUT2D eigenvalue weighted by Crippen LogP contribution is 2.26. The van der Waals surface area contributed by atoms with Crippen molar-refractivity contribution in [3.8, 4) is 0 Å². The average Bonchev–Trinajstić information content (AvgIpc) is 2.77. The van der Waals surface area contributed by atoms with E-state index < -0.39 is 5.41 Å². The molecule has 0 radical (unpaired) electrons. The first-order valence-electron chi connectivity index (χ1n) is 13.0. The van der Waals surface area contributed by atoms with Gasteiger partial charge in [-0.2, -0.15) is 0 Å². The van der Waals surface area contributed by atoms with E-state index in [0.717, 1.165) is 17.8 Å². The first-order chi connectivity index (χ1) is 15.0. The van der Waals surface area contributed by atoms with E-state index in [2.05, 4.69) is 24.4 Å². The number of hydrogen-bond donors (Lipinski definition) is 1. The Balaban J connectivity index is 2.02. The van der Waals surface area contributed by atoms with Gasteiger partial charge < -0.3 is 10.1 Å². The van der Waals surface area contributed by atoms with Crippen LogP contribution in [0.1, 0.15) is 123 Å². The number of ether oxygens (including phenoxy) is 1. The van der Waals surface area contributed by atoms with Gasteiger partial charge in [-0.3, -0.25) is 4.79 Å². The Morgan fingerprint density at radius 1 is 0.742 bits per heavy atom. The lowest BCUT2D eigenvalue weighted by Crippen LogP contribution is -2.31. The van der Waals surface area contributed by atoms with Crippen LogP contribution in [-0.2, 0) is 14.9 Å². The van der Waals surface area contributed by atoms with Gasteiger partial charge in [-0.1, -0.05) is 103 Å². The zero-order valence-corrected chi connectivity index (χ0v) is 20.9. The minimum Gasteiger partial charge on any atom is -0.465 e. The van der Waals surface area contributed by atoms with Crippen molar-refractivity contribution in [1.29, 1.82) is 0 Å². The third-order valence-electron chi connectivity index (χ3n) is 6.25. The molecule has 0 unspecified atom stereocenters. The van der Waals surface area contributed by atoms with Crippen molar-refractivity contribution < 1.29 is 9.53 Å². The molecule has 0 aromatic heterocycles. The van der Waals surface area contributed by atoms with Gasteiger partial charge in [0, 0.05) is 12.2 Å². The van der Waals surface area contributed by atoms with Crippen molar-refractivity contribution in [3.05, 3.63) is 29.8 Å². The summed E-state index contributed by atoms with van der Waals surface area (Å²) in [6, 6.07) is 8.20. The zero-order chi connectivity index (χ0) is 22.8. The van der Waals surface area contributed by atoms with Crippen LogP contribution in [0.5, 0.6) is 0 Å². The van der Waals surface area contributed by atoms with E-state index in [9.17, 15) is 4.79 Å². The number of carbonyl (C=O) groups excluding carboxylic acids is 1. The normalized spacial score (nSPS) is 11.5. The molecular weight excluding hydrogens is 382 g/mol. The van der Waals surface area contributed by atoms with Crippen molar-refractivity contribution in [2.24, 2.45) is 0 Å². The van der Waals surface area contributed by atoms with Crippen molar-refractivity contribution in [2.75, 3.05) is 18.5 Å². The number of rotatable bonds is 19. The fraction of sp³-hybridized carbons (Fsp3) is 0.750. The second-order valence-corrected chi connectivity index (χ2v) is 9.45. The fourth-order valence-corrected chi connectivity index (χ4v) is 3.99. The van der Waals surface area contributed by atoms with E-state index in [0.29, 0.717) is 6.61 Å². The zero-order valence-electron chi connectivity index (χ0n) is 20.9. The van der Waals surface area contributed by atoms with Gasteiger partial charge in [-0.25, -0.2) is 0 Å². The molecule has 1 aromatic rings. The second kappa shape index (κ2) is 17.1. The fourth-order valence-electron chi connectivity index (χ4n) is 3.99. The summed E-state index contributed by atoms with van der Waals surface area (Å²) >= 11 is 0. The standard InChI is InChI=1S/C28H49NO2/c1-5-7-8-9-10-11-12-13-14-15-16-17-18-19-24-29-26-22-20-25(21-23-26)28(3,4)27(30)31-6-2/h20-23,29H,5-19,24H2,1-4H3. The van der Waals surface area contributed by atoms with Crippen LogP contribution in [0.2, 0.25) is 0 Å². The Kier molecular flexibility index (Phi) is 15.2. The summed E-state index contributed by atoms with van der Waals surface area (Å²) < 4.78 is 5.20. The summed E-state index contributed by atoms with van der Waals surface area (Å²) in [7, 11) is 0. The average molecular weight is 432 g/mol. The lowest BCUT2D eigenvalue weighted by Gasteiger charge is -2.23. The first-order valence-corrected chi connectivity index (χ1v) is 13.0. The van der Waals surface area contributed by atoms with E-state index >= 15 is 0 Å². The summed E-state index contributed by atoms with van der Waals surface area (Å²) in [5, 5.41) is 3.50. The summed E-state index contributed by atoms with van der Waals surface area (Å²) in [5.41, 5.74) is 1.51. The molecule has 31 heavy (non-hydrogen) atoms. The Bertz CT molecular complexity index is 565. The Morgan fingerprint density at radius 3 is 1.65 bits per heavy atom. The third kappa shape index (κ3) is 12.2. The molecule has 3 heteroatoms. The van der Waals surface area contributed by atoms with E-state index in [4.69, 9.17) is 4.74 Å². The van der Waals surface area contributed by atoms with Crippen LogP contribution in [0.4, 0.5) is 5.69 Å². The molecule has 0 amide bonds. The second-order valence-electron chi connectivity index (χ2n) is 9.45. The molecule has 1 N–H and O–H groups in total. The van der Waals surface area contributed by atoms with Crippen molar-refractivity contribution in [1.82, 2.24) is 0 Å². The number of nitrogens with one attached hydrogen (secondary N) is 1. The molecule has 0 saturated carbocycles. The van der Waals surface area contributed by atoms with E-state index in [-0.39, 0.29) is 5.97 Å². The number of benzene rings is 1. The summed E-state index contributed by atoms with van der Waals surface area (Å²) in [6.45, 7) is 9.40. The minimum absolute atomic E-state index is 0.168. The van der Waals surface area contributed by atoms with Crippen LogP contribution < -0.4 is 5.32 Å². The maximum absolute atomic E-state index is 12.1. The molecule has 0 spiro atoms. The van der Waals surface area contributed by atoms with Crippen LogP contribution >= 0.6 is 0 Å². The quantitative estimate of drug-likeness (QED) is 0.176. The lowest BCUT2D eigenvalue weighted by molar-refractivity contribution is -0.148. The predicted octanol–water partition coefficient (Wildman–Crippen LogP) is 8.42. The maximum Gasteiger partial charge on any atom is 0.315 e. The molecule has 1 rings (SSSR count). The molecule has 0 aliphatic rings. The number of esters is 1. The molecule has 1 aromatic carbocycles. The predicted molar refractivity (Wildman–Crippen MR) is 135 cm³/mol. The molecule has 0 saturated heterocycles. The van der Waals surface area contributed by atoms with Crippen molar-refractivity contribution in [3.63, 3.8) is 0 Å². The van der Waals surface area contributed by atoms with Gasteiger partial charge in [0.2, 0.25) is 0 Å². The van der Waals surface area contributed by atoms with Gasteiger partial charge in [0.1, 0.15) is 0 Å². The van der Waals surface area contributed by atoms with E-state index in [1.54, 1.807) is 0 Å². The summed E-state index contributed by atoms with van der Waals surface area (Å²) in [4.78, 5) is 12.1. The highest BCUT2D eigenvalue weighted by atomic mass is 16.5. The number of hydrogen-bond acceptors (Lipinski definition) is 3. The van der Waals surface area contributed by atoms with Crippen LogP contribution in [0.25, 0.3) is 0 Å². The van der Waals surface area contributed by atoms with Crippen LogP contribution in [0.15, 0.2) is 24.3 Å². The molecule has 0 fully saturated rings. The monoisotopic (exact) mass is 431 g/mol. The van der Waals surface area contributed by atoms with Gasteiger partial charge in [-0.05, 0) is 44.9 Å². The van der Waals surface area contributed by atoms with Gasteiger partial charge >= 0.3 is 5.97 Å². The minimum atomic E-state index is -0.608. The number of anilines is 1. The molecule has 0 aliphatic heterocycles. The Morgan fingerprint density at radius 2 is 1.19 bits per heavy atom. The van der Waals surface area contributed by atoms with Gasteiger partial charge in [-0.15, -0.1) is 0 Å². The molecule has 3 nitrogen and oxygen atoms in total. The van der Waals surface area contributed by atoms with Crippen LogP contribution in [0, 0.1) is 0 Å². The highest BCUT2D eigenvalue weighted by molar-refractivity contribution is 5.82.